The minimum Gasteiger partial charge on any atom is -0.325 e. The van der Waals surface area contributed by atoms with Gasteiger partial charge in [-0.2, -0.15) is 5.10 Å². The summed E-state index contributed by atoms with van der Waals surface area (Å²) in [6.07, 6.45) is -0.0389. The largest absolute Gasteiger partial charge is 0.329 e. The Morgan fingerprint density at radius 1 is 0.750 bits per heavy atom. The van der Waals surface area contributed by atoms with E-state index >= 15 is 0 Å². The Morgan fingerprint density at radius 2 is 1.38 bits per heavy atom. The average molecular weight is 428 g/mol. The van der Waals surface area contributed by atoms with Crippen LogP contribution in [0, 0.1) is 6.92 Å². The maximum Gasteiger partial charge on any atom is 0.329 e. The van der Waals surface area contributed by atoms with E-state index in [1.807, 2.05) is 73.7 Å². The van der Waals surface area contributed by atoms with E-state index in [9.17, 15) is 14.4 Å². The van der Waals surface area contributed by atoms with Crippen LogP contribution in [0.25, 0.3) is 11.1 Å². The summed E-state index contributed by atoms with van der Waals surface area (Å²) in [5, 5.41) is 9.27. The lowest BCUT2D eigenvalue weighted by Gasteiger charge is -2.11. The minimum atomic E-state index is -0.914. The Bertz CT molecular complexity index is 1160. The van der Waals surface area contributed by atoms with Gasteiger partial charge in [-0.15, -0.1) is 0 Å². The second-order valence-corrected chi connectivity index (χ2v) is 7.19. The van der Waals surface area contributed by atoms with Gasteiger partial charge in [-0.3, -0.25) is 14.4 Å². The van der Waals surface area contributed by atoms with Crippen molar-refractivity contribution in [1.82, 2.24) is 5.43 Å². The quantitative estimate of drug-likeness (QED) is 0.313. The molecular formula is C25H24N4O3. The molecule has 0 unspecified atom stereocenters. The molecule has 3 aromatic rings. The van der Waals surface area contributed by atoms with E-state index in [4.69, 9.17) is 0 Å². The first kappa shape index (κ1) is 22.4. The van der Waals surface area contributed by atoms with Gasteiger partial charge in [0, 0.05) is 22.6 Å². The molecule has 0 spiro atoms. The third-order valence-electron chi connectivity index (χ3n) is 4.65. The zero-order valence-corrected chi connectivity index (χ0v) is 17.9. The number of nitrogens with one attached hydrogen (secondary N) is 3. The van der Waals surface area contributed by atoms with Crippen LogP contribution in [-0.2, 0) is 14.4 Å². The fraction of sp³-hybridized carbons (Fsp3) is 0.120. The predicted molar refractivity (Wildman–Crippen MR) is 126 cm³/mol. The van der Waals surface area contributed by atoms with Crippen molar-refractivity contribution in [2.75, 3.05) is 10.6 Å². The number of hydrazone groups is 1. The molecule has 0 aliphatic heterocycles. The fourth-order valence-electron chi connectivity index (χ4n) is 3.02. The number of anilines is 2. The molecule has 0 aliphatic rings. The maximum absolute atomic E-state index is 12.5. The van der Waals surface area contributed by atoms with Crippen LogP contribution in [-0.4, -0.2) is 23.4 Å². The van der Waals surface area contributed by atoms with Crippen molar-refractivity contribution in [2.45, 2.75) is 20.3 Å². The lowest BCUT2D eigenvalue weighted by molar-refractivity contribution is -0.136. The van der Waals surface area contributed by atoms with Gasteiger partial charge in [0.2, 0.25) is 5.91 Å². The molecular weight excluding hydrogens is 404 g/mol. The Kier molecular flexibility index (Phi) is 7.48. The first-order valence-corrected chi connectivity index (χ1v) is 10.1. The number of hydrogen-bond donors (Lipinski definition) is 3. The molecule has 162 valence electrons. The van der Waals surface area contributed by atoms with E-state index in [-0.39, 0.29) is 12.3 Å². The van der Waals surface area contributed by atoms with E-state index in [0.717, 1.165) is 16.7 Å². The van der Waals surface area contributed by atoms with Gasteiger partial charge in [0.1, 0.15) is 0 Å². The van der Waals surface area contributed by atoms with Crippen LogP contribution in [0.3, 0.4) is 0 Å². The SMILES string of the molecule is C/C(CC(=O)Nc1ccccc1-c1ccccc1)=N\NC(=O)C(=O)Nc1ccccc1C. The van der Waals surface area contributed by atoms with Crippen molar-refractivity contribution in [3.63, 3.8) is 0 Å². The number of para-hydroxylation sites is 2. The number of hydrogen-bond acceptors (Lipinski definition) is 4. The summed E-state index contributed by atoms with van der Waals surface area (Å²) in [6, 6.07) is 24.4. The average Bonchev–Trinajstić information content (AvgIpc) is 2.79. The van der Waals surface area contributed by atoms with Crippen LogP contribution in [0.5, 0.6) is 0 Å². The highest BCUT2D eigenvalue weighted by atomic mass is 16.2. The fourth-order valence-corrected chi connectivity index (χ4v) is 3.02. The van der Waals surface area contributed by atoms with Crippen molar-refractivity contribution < 1.29 is 14.4 Å². The van der Waals surface area contributed by atoms with Gasteiger partial charge in [-0.25, -0.2) is 5.43 Å². The molecule has 3 aromatic carbocycles. The summed E-state index contributed by atoms with van der Waals surface area (Å²) < 4.78 is 0. The molecule has 32 heavy (non-hydrogen) atoms. The highest BCUT2D eigenvalue weighted by Gasteiger charge is 2.15. The third-order valence-corrected chi connectivity index (χ3v) is 4.65. The van der Waals surface area contributed by atoms with Gasteiger partial charge in [-0.05, 0) is 37.1 Å². The molecule has 0 atom stereocenters. The summed E-state index contributed by atoms with van der Waals surface area (Å²) in [5.41, 5.74) is 6.49. The summed E-state index contributed by atoms with van der Waals surface area (Å²) in [5.74, 6) is -2.03. The molecule has 3 rings (SSSR count). The molecule has 7 heteroatoms. The Morgan fingerprint density at radius 3 is 2.09 bits per heavy atom. The standard InChI is InChI=1S/C25H24N4O3/c1-17-10-6-8-14-21(17)27-24(31)25(32)29-28-18(2)16-23(30)26-22-15-9-7-13-20(22)19-11-4-3-5-12-19/h3-15H,16H2,1-2H3,(H,26,30)(H,27,31)(H,29,32)/b28-18+. The highest BCUT2D eigenvalue weighted by Crippen LogP contribution is 2.27. The van der Waals surface area contributed by atoms with E-state index in [0.29, 0.717) is 17.1 Å². The number of amides is 3. The number of aryl methyl sites for hydroxylation is 1. The maximum atomic E-state index is 12.5. The Labute approximate surface area is 186 Å². The number of carbonyl (C=O) groups excluding carboxylic acids is 3. The van der Waals surface area contributed by atoms with Crippen LogP contribution >= 0.6 is 0 Å². The van der Waals surface area contributed by atoms with Gasteiger partial charge < -0.3 is 10.6 Å². The summed E-state index contributed by atoms with van der Waals surface area (Å²) in [4.78, 5) is 36.5. The van der Waals surface area contributed by atoms with Crippen molar-refractivity contribution in [2.24, 2.45) is 5.10 Å². The number of carbonyl (C=O) groups is 3. The van der Waals surface area contributed by atoms with Gasteiger partial charge in [-0.1, -0.05) is 66.7 Å². The van der Waals surface area contributed by atoms with Gasteiger partial charge in [0.25, 0.3) is 0 Å². The van der Waals surface area contributed by atoms with Crippen molar-refractivity contribution >= 4 is 34.8 Å². The highest BCUT2D eigenvalue weighted by molar-refractivity contribution is 6.39. The zero-order chi connectivity index (χ0) is 22.9. The Hall–Kier alpha value is -4.26. The number of benzene rings is 3. The first-order valence-electron chi connectivity index (χ1n) is 10.1. The van der Waals surface area contributed by atoms with Crippen LogP contribution in [0.4, 0.5) is 11.4 Å². The van der Waals surface area contributed by atoms with Crippen molar-refractivity contribution in [3.05, 3.63) is 84.4 Å². The second-order valence-electron chi connectivity index (χ2n) is 7.19. The minimum absolute atomic E-state index is 0.0389. The lowest BCUT2D eigenvalue weighted by Crippen LogP contribution is -2.33. The van der Waals surface area contributed by atoms with Crippen LogP contribution < -0.4 is 16.1 Å². The summed E-state index contributed by atoms with van der Waals surface area (Å²) >= 11 is 0. The van der Waals surface area contributed by atoms with Gasteiger partial charge >= 0.3 is 11.8 Å². The molecule has 3 amide bonds. The Balaban J connectivity index is 1.56. The first-order chi connectivity index (χ1) is 15.4. The zero-order valence-electron chi connectivity index (χ0n) is 17.9. The van der Waals surface area contributed by atoms with Crippen LogP contribution in [0.1, 0.15) is 18.9 Å². The normalized spacial score (nSPS) is 10.9. The van der Waals surface area contributed by atoms with E-state index in [1.54, 1.807) is 19.1 Å². The molecule has 0 aromatic heterocycles. The number of nitrogens with zero attached hydrogens (tertiary/aromatic N) is 1. The van der Waals surface area contributed by atoms with E-state index in [1.165, 1.54) is 0 Å². The molecule has 0 aliphatic carbocycles. The smallest absolute Gasteiger partial charge is 0.325 e. The van der Waals surface area contributed by atoms with Crippen molar-refractivity contribution in [1.29, 1.82) is 0 Å². The molecule has 3 N–H and O–H groups in total. The third kappa shape index (κ3) is 6.12. The molecule has 0 heterocycles. The molecule has 0 fully saturated rings. The number of rotatable bonds is 6. The molecule has 0 radical (unpaired) electrons. The van der Waals surface area contributed by atoms with Gasteiger partial charge in [0.15, 0.2) is 0 Å². The molecule has 0 saturated carbocycles. The summed E-state index contributed by atoms with van der Waals surface area (Å²) in [7, 11) is 0. The topological polar surface area (TPSA) is 99.7 Å². The van der Waals surface area contributed by atoms with E-state index in [2.05, 4.69) is 21.2 Å². The monoisotopic (exact) mass is 428 g/mol. The van der Waals surface area contributed by atoms with Crippen molar-refractivity contribution in [3.8, 4) is 11.1 Å². The molecule has 0 saturated heterocycles. The van der Waals surface area contributed by atoms with Crippen LogP contribution in [0.2, 0.25) is 0 Å². The predicted octanol–water partition coefficient (Wildman–Crippen LogP) is 4.12. The summed E-state index contributed by atoms with van der Waals surface area (Å²) in [6.45, 7) is 3.42. The van der Waals surface area contributed by atoms with Gasteiger partial charge in [0.05, 0.1) is 6.42 Å². The van der Waals surface area contributed by atoms with Crippen LogP contribution in [0.15, 0.2) is 84.0 Å². The molecule has 0 bridgehead atoms. The second kappa shape index (κ2) is 10.7. The molecule has 7 nitrogen and oxygen atoms in total. The lowest BCUT2D eigenvalue weighted by atomic mass is 10.0. The van der Waals surface area contributed by atoms with E-state index < -0.39 is 11.8 Å².